The van der Waals surface area contributed by atoms with Crippen molar-refractivity contribution in [3.8, 4) is 0 Å². The highest BCUT2D eigenvalue weighted by atomic mass is 35.5. The van der Waals surface area contributed by atoms with Crippen LogP contribution in [0.5, 0.6) is 0 Å². The Morgan fingerprint density at radius 3 is 2.46 bits per heavy atom. The summed E-state index contributed by atoms with van der Waals surface area (Å²) in [6.45, 7) is 2.98. The van der Waals surface area contributed by atoms with Gasteiger partial charge in [-0.2, -0.15) is 0 Å². The Hall–Kier alpha value is -0.280. The predicted octanol–water partition coefficient (Wildman–Crippen LogP) is 0.783. The average Bonchev–Trinajstić information content (AvgIpc) is 2.77. The summed E-state index contributed by atoms with van der Waals surface area (Å²) in [5.74, 6) is 0.338. The standard InChI is InChI=1S/C9H16N2O.ClH/c12-9(8-4-3-5-10-8)11-6-1-2-7-11;/h8,10H,1-7H2;1H/t8-;/m1./s1. The second-order valence-electron chi connectivity index (χ2n) is 3.68. The molecule has 0 aromatic rings. The minimum absolute atomic E-state index is 0. The largest absolute Gasteiger partial charge is 0.341 e. The third kappa shape index (κ3) is 2.35. The van der Waals surface area contributed by atoms with Crippen LogP contribution in [-0.2, 0) is 4.79 Å². The average molecular weight is 205 g/mol. The van der Waals surface area contributed by atoms with Crippen LogP contribution in [0.2, 0.25) is 0 Å². The minimum atomic E-state index is 0. The lowest BCUT2D eigenvalue weighted by atomic mass is 10.2. The third-order valence-electron chi connectivity index (χ3n) is 2.78. The normalized spacial score (nSPS) is 27.4. The maximum atomic E-state index is 11.7. The maximum absolute atomic E-state index is 11.7. The van der Waals surface area contributed by atoms with E-state index in [1.54, 1.807) is 0 Å². The fourth-order valence-corrected chi connectivity index (χ4v) is 2.05. The van der Waals surface area contributed by atoms with Crippen molar-refractivity contribution < 1.29 is 4.79 Å². The molecule has 0 aromatic heterocycles. The second kappa shape index (κ2) is 4.82. The van der Waals surface area contributed by atoms with Gasteiger partial charge in [-0.05, 0) is 32.2 Å². The van der Waals surface area contributed by atoms with Crippen LogP contribution in [0, 0.1) is 0 Å². The van der Waals surface area contributed by atoms with E-state index in [0.29, 0.717) is 5.91 Å². The van der Waals surface area contributed by atoms with Gasteiger partial charge < -0.3 is 10.2 Å². The fourth-order valence-electron chi connectivity index (χ4n) is 2.05. The molecular formula is C9H17ClN2O. The number of nitrogens with one attached hydrogen (secondary N) is 1. The molecule has 2 aliphatic heterocycles. The van der Waals surface area contributed by atoms with E-state index in [4.69, 9.17) is 0 Å². The minimum Gasteiger partial charge on any atom is -0.341 e. The van der Waals surface area contributed by atoms with E-state index >= 15 is 0 Å². The van der Waals surface area contributed by atoms with Gasteiger partial charge in [-0.1, -0.05) is 0 Å². The molecule has 0 aromatic carbocycles. The molecule has 1 atom stereocenters. The molecule has 0 aliphatic carbocycles. The van der Waals surface area contributed by atoms with Crippen molar-refractivity contribution >= 4 is 18.3 Å². The summed E-state index contributed by atoms with van der Waals surface area (Å²) >= 11 is 0. The van der Waals surface area contributed by atoms with Crippen LogP contribution < -0.4 is 5.32 Å². The maximum Gasteiger partial charge on any atom is 0.239 e. The number of amides is 1. The smallest absolute Gasteiger partial charge is 0.239 e. The molecule has 2 heterocycles. The Bertz CT molecular complexity index is 156. The summed E-state index contributed by atoms with van der Waals surface area (Å²) in [5.41, 5.74) is 0. The Morgan fingerprint density at radius 2 is 1.92 bits per heavy atom. The highest BCUT2D eigenvalue weighted by molar-refractivity contribution is 5.85. The number of halogens is 1. The fraction of sp³-hybridized carbons (Fsp3) is 0.889. The summed E-state index contributed by atoms with van der Waals surface area (Å²) in [6.07, 6.45) is 4.58. The summed E-state index contributed by atoms with van der Waals surface area (Å²) in [6, 6.07) is 0.142. The quantitative estimate of drug-likeness (QED) is 0.685. The summed E-state index contributed by atoms with van der Waals surface area (Å²) < 4.78 is 0. The van der Waals surface area contributed by atoms with E-state index in [-0.39, 0.29) is 18.4 Å². The van der Waals surface area contributed by atoms with Crippen LogP contribution in [0.15, 0.2) is 0 Å². The third-order valence-corrected chi connectivity index (χ3v) is 2.78. The zero-order valence-electron chi connectivity index (χ0n) is 7.79. The van der Waals surface area contributed by atoms with Gasteiger partial charge >= 0.3 is 0 Å². The molecule has 76 valence electrons. The Morgan fingerprint density at radius 1 is 1.23 bits per heavy atom. The van der Waals surface area contributed by atoms with Crippen LogP contribution >= 0.6 is 12.4 Å². The lowest BCUT2D eigenvalue weighted by Gasteiger charge is -2.19. The van der Waals surface area contributed by atoms with Crippen LogP contribution in [0.25, 0.3) is 0 Å². The number of rotatable bonds is 1. The zero-order chi connectivity index (χ0) is 8.39. The van der Waals surface area contributed by atoms with Crippen LogP contribution in [-0.4, -0.2) is 36.5 Å². The highest BCUT2D eigenvalue weighted by Gasteiger charge is 2.27. The Balaban J connectivity index is 0.000000845. The van der Waals surface area contributed by atoms with E-state index < -0.39 is 0 Å². The second-order valence-corrected chi connectivity index (χ2v) is 3.68. The number of likely N-dealkylation sites (tertiary alicyclic amines) is 1. The van der Waals surface area contributed by atoms with Gasteiger partial charge in [-0.15, -0.1) is 12.4 Å². The molecular weight excluding hydrogens is 188 g/mol. The number of carbonyl (C=O) groups excluding carboxylic acids is 1. The van der Waals surface area contributed by atoms with Gasteiger partial charge in [-0.25, -0.2) is 0 Å². The summed E-state index contributed by atoms with van der Waals surface area (Å²) in [5, 5.41) is 3.24. The monoisotopic (exact) mass is 204 g/mol. The topological polar surface area (TPSA) is 32.3 Å². The van der Waals surface area contributed by atoms with E-state index in [9.17, 15) is 4.79 Å². The van der Waals surface area contributed by atoms with Crippen molar-refractivity contribution in [1.29, 1.82) is 0 Å². The molecule has 2 aliphatic rings. The van der Waals surface area contributed by atoms with Crippen LogP contribution in [0.1, 0.15) is 25.7 Å². The Kier molecular flexibility index (Phi) is 4.00. The van der Waals surface area contributed by atoms with Crippen molar-refractivity contribution in [1.82, 2.24) is 10.2 Å². The molecule has 3 nitrogen and oxygen atoms in total. The SMILES string of the molecule is Cl.O=C([C@H]1CCCN1)N1CCCC1. The van der Waals surface area contributed by atoms with Crippen molar-refractivity contribution in [2.24, 2.45) is 0 Å². The molecule has 4 heteroatoms. The van der Waals surface area contributed by atoms with Gasteiger partial charge in [-0.3, -0.25) is 4.79 Å². The van der Waals surface area contributed by atoms with E-state index in [1.807, 2.05) is 4.90 Å². The molecule has 0 radical (unpaired) electrons. The molecule has 0 bridgehead atoms. The van der Waals surface area contributed by atoms with Crippen LogP contribution in [0.4, 0.5) is 0 Å². The van der Waals surface area contributed by atoms with E-state index in [2.05, 4.69) is 5.32 Å². The van der Waals surface area contributed by atoms with Gasteiger partial charge in [0.15, 0.2) is 0 Å². The lowest BCUT2D eigenvalue weighted by molar-refractivity contribution is -0.131. The lowest BCUT2D eigenvalue weighted by Crippen LogP contribution is -2.42. The molecule has 1 amide bonds. The van der Waals surface area contributed by atoms with Crippen molar-refractivity contribution in [2.75, 3.05) is 19.6 Å². The van der Waals surface area contributed by atoms with Gasteiger partial charge in [0.2, 0.25) is 5.91 Å². The first-order valence-corrected chi connectivity index (χ1v) is 4.90. The molecule has 0 spiro atoms. The molecule has 13 heavy (non-hydrogen) atoms. The van der Waals surface area contributed by atoms with Gasteiger partial charge in [0.05, 0.1) is 6.04 Å². The van der Waals surface area contributed by atoms with Crippen LogP contribution in [0.3, 0.4) is 0 Å². The first-order valence-electron chi connectivity index (χ1n) is 4.90. The van der Waals surface area contributed by atoms with E-state index in [1.165, 1.54) is 12.8 Å². The molecule has 0 unspecified atom stereocenters. The van der Waals surface area contributed by atoms with Gasteiger partial charge in [0.25, 0.3) is 0 Å². The summed E-state index contributed by atoms with van der Waals surface area (Å²) in [7, 11) is 0. The Labute approximate surface area is 85.3 Å². The van der Waals surface area contributed by atoms with Gasteiger partial charge in [0.1, 0.15) is 0 Å². The first-order chi connectivity index (χ1) is 5.88. The molecule has 1 N–H and O–H groups in total. The van der Waals surface area contributed by atoms with Gasteiger partial charge in [0, 0.05) is 13.1 Å². The van der Waals surface area contributed by atoms with Crippen molar-refractivity contribution in [3.05, 3.63) is 0 Å². The first kappa shape index (κ1) is 10.8. The number of hydrogen-bond acceptors (Lipinski definition) is 2. The zero-order valence-corrected chi connectivity index (χ0v) is 8.61. The predicted molar refractivity (Wildman–Crippen MR) is 54.1 cm³/mol. The van der Waals surface area contributed by atoms with E-state index in [0.717, 1.165) is 32.5 Å². The highest BCUT2D eigenvalue weighted by Crippen LogP contribution is 2.13. The molecule has 2 saturated heterocycles. The molecule has 2 rings (SSSR count). The number of hydrogen-bond donors (Lipinski definition) is 1. The summed E-state index contributed by atoms with van der Waals surface area (Å²) in [4.78, 5) is 13.7. The number of nitrogens with zero attached hydrogens (tertiary/aromatic N) is 1. The molecule has 0 saturated carbocycles. The number of carbonyl (C=O) groups is 1. The molecule has 2 fully saturated rings. The van der Waals surface area contributed by atoms with Crippen molar-refractivity contribution in [3.63, 3.8) is 0 Å². The van der Waals surface area contributed by atoms with Crippen molar-refractivity contribution in [2.45, 2.75) is 31.7 Å².